The molecule has 13 heteroatoms. The monoisotopic (exact) mass is 599 g/mol. The van der Waals surface area contributed by atoms with Gasteiger partial charge in [0, 0.05) is 63.1 Å². The second-order valence-electron chi connectivity index (χ2n) is 11.0. The van der Waals surface area contributed by atoms with Crippen LogP contribution in [0.3, 0.4) is 0 Å². The lowest BCUT2D eigenvalue weighted by molar-refractivity contribution is -0.136. The molecule has 1 atom stereocenters. The van der Waals surface area contributed by atoms with E-state index in [-0.39, 0.29) is 30.5 Å². The van der Waals surface area contributed by atoms with Crippen LogP contribution in [-0.4, -0.2) is 76.5 Å². The summed E-state index contributed by atoms with van der Waals surface area (Å²) in [6.45, 7) is 3.62. The molecule has 0 radical (unpaired) electrons. The summed E-state index contributed by atoms with van der Waals surface area (Å²) in [4.78, 5) is 71.2. The van der Waals surface area contributed by atoms with E-state index in [1.165, 1.54) is 18.3 Å². The fourth-order valence-corrected chi connectivity index (χ4v) is 5.80. The topological polar surface area (TPSA) is 158 Å². The van der Waals surface area contributed by atoms with E-state index in [2.05, 4.69) is 25.4 Å². The number of hydrogen-bond acceptors (Lipinski definition) is 9. The van der Waals surface area contributed by atoms with E-state index in [0.717, 1.165) is 42.5 Å². The zero-order chi connectivity index (χ0) is 31.0. The first-order chi connectivity index (χ1) is 21.2. The Morgan fingerprint density at radius 1 is 1.02 bits per heavy atom. The SMILES string of the molecule is NC(=O)c1ccc(N2CCN(Cc3ccc(CNc4cccc5c4C(=O)N([C@H]4CCC(=O)NC4=O)C5=O)c(F)c3)CC2)nc1. The number of piperidine rings is 1. The molecule has 2 aromatic carbocycles. The highest BCUT2D eigenvalue weighted by molar-refractivity contribution is 6.25. The molecule has 4 heterocycles. The van der Waals surface area contributed by atoms with Gasteiger partial charge in [-0.15, -0.1) is 0 Å². The lowest BCUT2D eigenvalue weighted by Crippen LogP contribution is -2.54. The summed E-state index contributed by atoms with van der Waals surface area (Å²) >= 11 is 0. The third kappa shape index (κ3) is 5.61. The average molecular weight is 600 g/mol. The first-order valence-electron chi connectivity index (χ1n) is 14.3. The van der Waals surface area contributed by atoms with Crippen molar-refractivity contribution in [1.82, 2.24) is 20.1 Å². The third-order valence-corrected chi connectivity index (χ3v) is 8.19. The highest BCUT2D eigenvalue weighted by Crippen LogP contribution is 2.32. The minimum atomic E-state index is -1.06. The maximum Gasteiger partial charge on any atom is 0.264 e. The first-order valence-corrected chi connectivity index (χ1v) is 14.3. The number of carbonyl (C=O) groups is 5. The number of piperazine rings is 1. The molecule has 0 spiro atoms. The Balaban J connectivity index is 1.06. The lowest BCUT2D eigenvalue weighted by Gasteiger charge is -2.35. The van der Waals surface area contributed by atoms with Gasteiger partial charge in [-0.1, -0.05) is 18.2 Å². The van der Waals surface area contributed by atoms with E-state index in [1.807, 2.05) is 6.07 Å². The number of nitrogens with one attached hydrogen (secondary N) is 2. The zero-order valence-corrected chi connectivity index (χ0v) is 23.7. The molecule has 3 aliphatic heterocycles. The van der Waals surface area contributed by atoms with Crippen molar-refractivity contribution in [2.45, 2.75) is 32.0 Å². The minimum absolute atomic E-state index is 0.0337. The van der Waals surface area contributed by atoms with Crippen LogP contribution in [0, 0.1) is 5.82 Å². The van der Waals surface area contributed by atoms with Gasteiger partial charge in [-0.3, -0.25) is 39.1 Å². The van der Waals surface area contributed by atoms with Crippen molar-refractivity contribution in [1.29, 1.82) is 0 Å². The van der Waals surface area contributed by atoms with Gasteiger partial charge in [0.1, 0.15) is 17.7 Å². The van der Waals surface area contributed by atoms with Crippen LogP contribution in [-0.2, 0) is 22.7 Å². The zero-order valence-electron chi connectivity index (χ0n) is 23.7. The largest absolute Gasteiger partial charge is 0.380 e. The predicted molar refractivity (Wildman–Crippen MR) is 157 cm³/mol. The van der Waals surface area contributed by atoms with Gasteiger partial charge in [-0.25, -0.2) is 9.37 Å². The van der Waals surface area contributed by atoms with Crippen LogP contribution in [0.25, 0.3) is 0 Å². The van der Waals surface area contributed by atoms with Crippen molar-refractivity contribution < 1.29 is 28.4 Å². The Morgan fingerprint density at radius 3 is 2.50 bits per heavy atom. The van der Waals surface area contributed by atoms with Gasteiger partial charge in [-0.2, -0.15) is 0 Å². The molecule has 0 aliphatic carbocycles. The Kier molecular flexibility index (Phi) is 7.78. The van der Waals surface area contributed by atoms with Crippen LogP contribution in [0.4, 0.5) is 15.9 Å². The van der Waals surface area contributed by atoms with E-state index in [9.17, 15) is 24.0 Å². The van der Waals surface area contributed by atoms with Crippen molar-refractivity contribution in [2.75, 3.05) is 36.4 Å². The lowest BCUT2D eigenvalue weighted by atomic mass is 10.0. The quantitative estimate of drug-likeness (QED) is 0.328. The Bertz CT molecular complexity index is 1670. The Hall–Kier alpha value is -5.17. The number of benzene rings is 2. The summed E-state index contributed by atoms with van der Waals surface area (Å²) in [6, 6.07) is 12.2. The van der Waals surface area contributed by atoms with Crippen molar-refractivity contribution in [3.05, 3.63) is 88.4 Å². The molecule has 6 rings (SSSR count). The number of pyridine rings is 1. The van der Waals surface area contributed by atoms with Gasteiger partial charge in [0.15, 0.2) is 0 Å². The van der Waals surface area contributed by atoms with Crippen LogP contribution in [0.2, 0.25) is 0 Å². The molecule has 226 valence electrons. The van der Waals surface area contributed by atoms with Gasteiger partial charge in [0.25, 0.3) is 11.8 Å². The number of halogens is 1. The Labute approximate surface area is 252 Å². The van der Waals surface area contributed by atoms with Crippen LogP contribution in [0.1, 0.15) is 55.0 Å². The number of carbonyl (C=O) groups excluding carboxylic acids is 5. The highest BCUT2D eigenvalue weighted by Gasteiger charge is 2.45. The van der Waals surface area contributed by atoms with Crippen LogP contribution < -0.4 is 21.3 Å². The van der Waals surface area contributed by atoms with E-state index in [4.69, 9.17) is 5.73 Å². The molecule has 0 bridgehead atoms. The average Bonchev–Trinajstić information content (AvgIpc) is 3.27. The number of anilines is 2. The standard InChI is InChI=1S/C31H30FN7O5/c32-22-14-18(17-37-10-12-38(13-11-37)25-8-6-20(16-35-25)28(33)41)4-5-19(22)15-34-23-3-1-2-21-27(23)31(44)39(30(21)43)24-7-9-26(40)36-29(24)42/h1-6,8,14,16,24,34H,7,9-13,15,17H2,(H2,33,41)(H,36,40,42)/t24-/m0/s1. The number of primary amides is 1. The van der Waals surface area contributed by atoms with Gasteiger partial charge in [0.2, 0.25) is 17.7 Å². The number of aromatic nitrogens is 1. The van der Waals surface area contributed by atoms with Crippen molar-refractivity contribution in [3.63, 3.8) is 0 Å². The molecule has 5 amide bonds. The number of imide groups is 2. The number of hydrogen-bond donors (Lipinski definition) is 3. The number of nitrogens with zero attached hydrogens (tertiary/aromatic N) is 4. The number of nitrogens with two attached hydrogens (primary N) is 1. The maximum absolute atomic E-state index is 15.2. The maximum atomic E-state index is 15.2. The fourth-order valence-electron chi connectivity index (χ4n) is 5.80. The van der Waals surface area contributed by atoms with Crippen LogP contribution >= 0.6 is 0 Å². The van der Waals surface area contributed by atoms with E-state index < -0.39 is 41.4 Å². The smallest absolute Gasteiger partial charge is 0.264 e. The fraction of sp³-hybridized carbons (Fsp3) is 0.290. The van der Waals surface area contributed by atoms with E-state index in [0.29, 0.717) is 23.4 Å². The van der Waals surface area contributed by atoms with Crippen LogP contribution in [0.5, 0.6) is 0 Å². The molecule has 3 aliphatic rings. The molecule has 1 aromatic heterocycles. The molecule has 12 nitrogen and oxygen atoms in total. The Morgan fingerprint density at radius 2 is 1.82 bits per heavy atom. The molecule has 3 aromatic rings. The second kappa shape index (κ2) is 11.8. The van der Waals surface area contributed by atoms with Gasteiger partial charge in [0.05, 0.1) is 16.7 Å². The number of fused-ring (bicyclic) bond motifs is 1. The highest BCUT2D eigenvalue weighted by atomic mass is 19.1. The summed E-state index contributed by atoms with van der Waals surface area (Å²) in [5.74, 6) is -2.49. The molecule has 0 saturated carbocycles. The van der Waals surface area contributed by atoms with Crippen LogP contribution in [0.15, 0.2) is 54.7 Å². The second-order valence-corrected chi connectivity index (χ2v) is 11.0. The van der Waals surface area contributed by atoms with Gasteiger partial charge < -0.3 is 16.0 Å². The summed E-state index contributed by atoms with van der Waals surface area (Å²) in [6.07, 6.45) is 1.57. The molecule has 0 unspecified atom stereocenters. The molecule has 44 heavy (non-hydrogen) atoms. The van der Waals surface area contributed by atoms with Crippen molar-refractivity contribution in [3.8, 4) is 0 Å². The summed E-state index contributed by atoms with van der Waals surface area (Å²) in [7, 11) is 0. The molecular formula is C31H30FN7O5. The molecule has 4 N–H and O–H groups in total. The molecule has 2 fully saturated rings. The normalized spacial score (nSPS) is 18.8. The van der Waals surface area contributed by atoms with Gasteiger partial charge in [-0.05, 0) is 42.3 Å². The van der Waals surface area contributed by atoms with E-state index >= 15 is 4.39 Å². The summed E-state index contributed by atoms with van der Waals surface area (Å²) < 4.78 is 15.2. The van der Waals surface area contributed by atoms with E-state index in [1.54, 1.807) is 30.3 Å². The first kappa shape index (κ1) is 28.9. The molecule has 2 saturated heterocycles. The number of amides is 5. The summed E-state index contributed by atoms with van der Waals surface area (Å²) in [5.41, 5.74) is 7.49. The van der Waals surface area contributed by atoms with Gasteiger partial charge >= 0.3 is 0 Å². The minimum Gasteiger partial charge on any atom is -0.380 e. The summed E-state index contributed by atoms with van der Waals surface area (Å²) in [5, 5.41) is 5.27. The number of rotatable bonds is 8. The van der Waals surface area contributed by atoms with Crippen molar-refractivity contribution >= 4 is 41.0 Å². The molecular weight excluding hydrogens is 569 g/mol. The third-order valence-electron chi connectivity index (χ3n) is 8.19. The predicted octanol–water partition coefficient (Wildman–Crippen LogP) is 1.66. The van der Waals surface area contributed by atoms with Crippen molar-refractivity contribution in [2.24, 2.45) is 5.73 Å².